The second-order valence-corrected chi connectivity index (χ2v) is 3.64. The first-order valence-corrected chi connectivity index (χ1v) is 4.37. The molecule has 1 aliphatic rings. The third kappa shape index (κ3) is 2.52. The number of esters is 1. The minimum absolute atomic E-state index is 0.0185. The topological polar surface area (TPSA) is 26.3 Å². The second kappa shape index (κ2) is 3.74. The average Bonchev–Trinajstić information content (AvgIpc) is 1.93. The van der Waals surface area contributed by atoms with Crippen molar-refractivity contribution in [1.82, 2.24) is 0 Å². The molecule has 11 heavy (non-hydrogen) atoms. The molecule has 2 heteroatoms. The van der Waals surface area contributed by atoms with Crippen molar-refractivity contribution in [1.29, 1.82) is 0 Å². The third-order valence-corrected chi connectivity index (χ3v) is 2.03. The van der Waals surface area contributed by atoms with Gasteiger partial charge in [-0.25, -0.2) is 0 Å². The highest BCUT2D eigenvalue weighted by molar-refractivity contribution is 5.72. The quantitative estimate of drug-likeness (QED) is 0.571. The van der Waals surface area contributed by atoms with E-state index in [0.29, 0.717) is 12.5 Å². The molecule has 0 aromatic carbocycles. The second-order valence-electron chi connectivity index (χ2n) is 3.64. The highest BCUT2D eigenvalue weighted by atomic mass is 16.5. The Labute approximate surface area is 67.9 Å². The van der Waals surface area contributed by atoms with Crippen molar-refractivity contribution < 1.29 is 9.53 Å². The summed E-state index contributed by atoms with van der Waals surface area (Å²) < 4.78 is 4.95. The van der Waals surface area contributed by atoms with Crippen LogP contribution in [0.4, 0.5) is 0 Å². The zero-order valence-corrected chi connectivity index (χ0v) is 7.30. The van der Waals surface area contributed by atoms with Gasteiger partial charge in [-0.2, -0.15) is 0 Å². The number of hydrogen-bond acceptors (Lipinski definition) is 2. The SMILES string of the molecule is CC(C)CC1CCCOC1=O. The number of carbonyl (C=O) groups is 1. The molecule has 0 spiro atoms. The molecule has 0 N–H and O–H groups in total. The monoisotopic (exact) mass is 156 g/mol. The Hall–Kier alpha value is -0.530. The normalized spacial score (nSPS) is 25.4. The van der Waals surface area contributed by atoms with Crippen molar-refractivity contribution >= 4 is 5.97 Å². The van der Waals surface area contributed by atoms with Gasteiger partial charge in [-0.1, -0.05) is 13.8 Å². The summed E-state index contributed by atoms with van der Waals surface area (Å²) in [7, 11) is 0. The van der Waals surface area contributed by atoms with Crippen molar-refractivity contribution in [2.24, 2.45) is 11.8 Å². The molecule has 0 amide bonds. The van der Waals surface area contributed by atoms with Crippen LogP contribution < -0.4 is 0 Å². The summed E-state index contributed by atoms with van der Waals surface area (Å²) in [6.07, 6.45) is 3.05. The fourth-order valence-corrected chi connectivity index (χ4v) is 1.52. The predicted molar refractivity (Wildman–Crippen MR) is 43.1 cm³/mol. The fourth-order valence-electron chi connectivity index (χ4n) is 1.52. The molecule has 64 valence electrons. The zero-order valence-electron chi connectivity index (χ0n) is 7.30. The Kier molecular flexibility index (Phi) is 2.92. The van der Waals surface area contributed by atoms with Gasteiger partial charge in [0, 0.05) is 0 Å². The highest BCUT2D eigenvalue weighted by Crippen LogP contribution is 2.22. The van der Waals surface area contributed by atoms with Gasteiger partial charge < -0.3 is 4.74 Å². The van der Waals surface area contributed by atoms with E-state index < -0.39 is 0 Å². The maximum absolute atomic E-state index is 11.1. The van der Waals surface area contributed by atoms with E-state index in [1.165, 1.54) is 0 Å². The molecular weight excluding hydrogens is 140 g/mol. The molecule has 1 aliphatic heterocycles. The standard InChI is InChI=1S/C9H16O2/c1-7(2)6-8-4-3-5-11-9(8)10/h7-8H,3-6H2,1-2H3. The van der Waals surface area contributed by atoms with Crippen LogP contribution in [0.25, 0.3) is 0 Å². The maximum Gasteiger partial charge on any atom is 0.308 e. The van der Waals surface area contributed by atoms with Crippen molar-refractivity contribution in [3.8, 4) is 0 Å². The smallest absolute Gasteiger partial charge is 0.308 e. The van der Waals surface area contributed by atoms with Gasteiger partial charge in [-0.15, -0.1) is 0 Å². The van der Waals surface area contributed by atoms with Crippen LogP contribution in [0.15, 0.2) is 0 Å². The van der Waals surface area contributed by atoms with Crippen LogP contribution in [0.3, 0.4) is 0 Å². The van der Waals surface area contributed by atoms with E-state index in [0.717, 1.165) is 19.3 Å². The van der Waals surface area contributed by atoms with Gasteiger partial charge in [0.25, 0.3) is 0 Å². The average molecular weight is 156 g/mol. The molecular formula is C9H16O2. The van der Waals surface area contributed by atoms with Gasteiger partial charge >= 0.3 is 5.97 Å². The molecule has 0 aliphatic carbocycles. The van der Waals surface area contributed by atoms with Crippen LogP contribution in [0.2, 0.25) is 0 Å². The summed E-state index contributed by atoms with van der Waals surface area (Å²) in [5, 5.41) is 0. The molecule has 1 unspecified atom stereocenters. The number of carbonyl (C=O) groups excluding carboxylic acids is 1. The molecule has 0 radical (unpaired) electrons. The maximum atomic E-state index is 11.1. The molecule has 0 aromatic rings. The molecule has 0 saturated carbocycles. The Bertz CT molecular complexity index is 140. The van der Waals surface area contributed by atoms with Gasteiger partial charge in [0.05, 0.1) is 12.5 Å². The van der Waals surface area contributed by atoms with Gasteiger partial charge in [0.2, 0.25) is 0 Å². The lowest BCUT2D eigenvalue weighted by atomic mass is 9.92. The van der Waals surface area contributed by atoms with Crippen LogP contribution >= 0.6 is 0 Å². The van der Waals surface area contributed by atoms with Gasteiger partial charge in [0.15, 0.2) is 0 Å². The molecule has 1 heterocycles. The van der Waals surface area contributed by atoms with Crippen LogP contribution in [-0.2, 0) is 9.53 Å². The number of cyclic esters (lactones) is 1. The molecule has 1 fully saturated rings. The Morgan fingerprint density at radius 1 is 1.64 bits per heavy atom. The minimum Gasteiger partial charge on any atom is -0.465 e. The molecule has 0 aromatic heterocycles. The van der Waals surface area contributed by atoms with Crippen molar-refractivity contribution in [2.45, 2.75) is 33.1 Å². The Morgan fingerprint density at radius 3 is 2.91 bits per heavy atom. The van der Waals surface area contributed by atoms with Gasteiger partial charge in [0.1, 0.15) is 0 Å². The summed E-state index contributed by atoms with van der Waals surface area (Å²) in [6, 6.07) is 0. The Balaban J connectivity index is 2.36. The van der Waals surface area contributed by atoms with Crippen LogP contribution in [0, 0.1) is 11.8 Å². The molecule has 1 rings (SSSR count). The van der Waals surface area contributed by atoms with Crippen molar-refractivity contribution in [3.63, 3.8) is 0 Å². The lowest BCUT2D eigenvalue weighted by Gasteiger charge is -2.21. The van der Waals surface area contributed by atoms with Crippen molar-refractivity contribution in [2.75, 3.05) is 6.61 Å². The van der Waals surface area contributed by atoms with Crippen LogP contribution in [-0.4, -0.2) is 12.6 Å². The number of rotatable bonds is 2. The van der Waals surface area contributed by atoms with Crippen LogP contribution in [0.5, 0.6) is 0 Å². The summed E-state index contributed by atoms with van der Waals surface area (Å²) in [5.74, 6) is 0.805. The summed E-state index contributed by atoms with van der Waals surface area (Å²) in [4.78, 5) is 11.1. The first-order chi connectivity index (χ1) is 5.20. The largest absolute Gasteiger partial charge is 0.465 e. The third-order valence-electron chi connectivity index (χ3n) is 2.03. The van der Waals surface area contributed by atoms with E-state index in [1.54, 1.807) is 0 Å². The predicted octanol–water partition coefficient (Wildman–Crippen LogP) is 1.99. The Morgan fingerprint density at radius 2 is 2.36 bits per heavy atom. The summed E-state index contributed by atoms with van der Waals surface area (Å²) in [6.45, 7) is 4.91. The van der Waals surface area contributed by atoms with Crippen molar-refractivity contribution in [3.05, 3.63) is 0 Å². The lowest BCUT2D eigenvalue weighted by molar-refractivity contribution is -0.153. The first kappa shape index (κ1) is 8.57. The fraction of sp³-hybridized carbons (Fsp3) is 0.889. The summed E-state index contributed by atoms with van der Waals surface area (Å²) >= 11 is 0. The van der Waals surface area contributed by atoms with E-state index in [9.17, 15) is 4.79 Å². The van der Waals surface area contributed by atoms with E-state index in [4.69, 9.17) is 4.74 Å². The minimum atomic E-state index is 0.0185. The van der Waals surface area contributed by atoms with E-state index in [1.807, 2.05) is 0 Å². The van der Waals surface area contributed by atoms with E-state index in [2.05, 4.69) is 13.8 Å². The number of hydrogen-bond donors (Lipinski definition) is 0. The number of ether oxygens (including phenoxy) is 1. The molecule has 0 bridgehead atoms. The lowest BCUT2D eigenvalue weighted by Crippen LogP contribution is -2.25. The van der Waals surface area contributed by atoms with E-state index in [-0.39, 0.29) is 11.9 Å². The summed E-state index contributed by atoms with van der Waals surface area (Å²) in [5.41, 5.74) is 0. The van der Waals surface area contributed by atoms with E-state index >= 15 is 0 Å². The highest BCUT2D eigenvalue weighted by Gasteiger charge is 2.24. The first-order valence-electron chi connectivity index (χ1n) is 4.37. The zero-order chi connectivity index (χ0) is 8.27. The van der Waals surface area contributed by atoms with Gasteiger partial charge in [-0.05, 0) is 25.2 Å². The van der Waals surface area contributed by atoms with Gasteiger partial charge in [-0.3, -0.25) is 4.79 Å². The van der Waals surface area contributed by atoms with Crippen LogP contribution in [0.1, 0.15) is 33.1 Å². The molecule has 2 nitrogen and oxygen atoms in total. The molecule has 1 atom stereocenters. The molecule has 1 saturated heterocycles.